The standard InChI is InChI=1S/C20H27N3O3/c1-15-14-19(22-26-15)21-20(24)11-13-23-12-5-3-4-6-18(23)16-7-9-17(25-2)10-8-16/h7-10,14,18H,3-6,11-13H2,1-2H3,(H,21,22,24). The number of benzene rings is 1. The summed E-state index contributed by atoms with van der Waals surface area (Å²) in [4.78, 5) is 14.7. The smallest absolute Gasteiger partial charge is 0.226 e. The molecule has 0 radical (unpaired) electrons. The van der Waals surface area contributed by atoms with E-state index in [0.717, 1.165) is 25.3 Å². The summed E-state index contributed by atoms with van der Waals surface area (Å²) in [6.07, 6.45) is 5.21. The van der Waals surface area contributed by atoms with E-state index in [0.29, 0.717) is 24.0 Å². The SMILES string of the molecule is COc1ccc(C2CCCCCN2CCC(=O)Nc2cc(C)on2)cc1. The number of carbonyl (C=O) groups excluding carboxylic acids is 1. The van der Waals surface area contributed by atoms with Crippen LogP contribution in [-0.2, 0) is 4.79 Å². The van der Waals surface area contributed by atoms with E-state index in [1.54, 1.807) is 20.1 Å². The first-order chi connectivity index (χ1) is 12.7. The average Bonchev–Trinajstić information content (AvgIpc) is 2.92. The van der Waals surface area contributed by atoms with E-state index >= 15 is 0 Å². The molecule has 0 spiro atoms. The number of nitrogens with one attached hydrogen (secondary N) is 1. The van der Waals surface area contributed by atoms with Crippen LogP contribution in [0.3, 0.4) is 0 Å². The largest absolute Gasteiger partial charge is 0.497 e. The number of amides is 1. The molecule has 2 aromatic rings. The number of rotatable bonds is 6. The third-order valence-corrected chi connectivity index (χ3v) is 4.89. The monoisotopic (exact) mass is 357 g/mol. The van der Waals surface area contributed by atoms with Crippen LogP contribution in [0.15, 0.2) is 34.9 Å². The van der Waals surface area contributed by atoms with Crippen molar-refractivity contribution >= 4 is 11.7 Å². The summed E-state index contributed by atoms with van der Waals surface area (Å²) in [5.41, 5.74) is 1.29. The molecule has 1 amide bonds. The van der Waals surface area contributed by atoms with Gasteiger partial charge in [-0.1, -0.05) is 30.1 Å². The molecule has 0 bridgehead atoms. The number of aryl methyl sites for hydroxylation is 1. The second-order valence-electron chi connectivity index (χ2n) is 6.80. The Hall–Kier alpha value is -2.34. The van der Waals surface area contributed by atoms with Crippen LogP contribution in [0.4, 0.5) is 5.82 Å². The lowest BCUT2D eigenvalue weighted by Crippen LogP contribution is -2.31. The molecule has 1 aromatic heterocycles. The topological polar surface area (TPSA) is 67.6 Å². The maximum Gasteiger partial charge on any atom is 0.226 e. The van der Waals surface area contributed by atoms with E-state index in [2.05, 4.69) is 27.5 Å². The molecule has 1 unspecified atom stereocenters. The Morgan fingerprint density at radius 1 is 1.31 bits per heavy atom. The zero-order chi connectivity index (χ0) is 18.4. The van der Waals surface area contributed by atoms with Crippen LogP contribution < -0.4 is 10.1 Å². The maximum absolute atomic E-state index is 12.2. The van der Waals surface area contributed by atoms with Crippen LogP contribution in [0.2, 0.25) is 0 Å². The van der Waals surface area contributed by atoms with Gasteiger partial charge in [0.2, 0.25) is 5.91 Å². The number of likely N-dealkylation sites (tertiary alicyclic amines) is 1. The summed E-state index contributed by atoms with van der Waals surface area (Å²) >= 11 is 0. The second-order valence-corrected chi connectivity index (χ2v) is 6.80. The van der Waals surface area contributed by atoms with Gasteiger partial charge in [0.25, 0.3) is 0 Å². The molecule has 6 nitrogen and oxygen atoms in total. The van der Waals surface area contributed by atoms with Crippen LogP contribution >= 0.6 is 0 Å². The summed E-state index contributed by atoms with van der Waals surface area (Å²) in [6, 6.07) is 10.4. The van der Waals surface area contributed by atoms with Gasteiger partial charge >= 0.3 is 0 Å². The van der Waals surface area contributed by atoms with Gasteiger partial charge in [0.1, 0.15) is 11.5 Å². The Labute approximate surface area is 154 Å². The summed E-state index contributed by atoms with van der Waals surface area (Å²) in [5.74, 6) is 2.01. The molecule has 3 rings (SSSR count). The summed E-state index contributed by atoms with van der Waals surface area (Å²) in [7, 11) is 1.68. The van der Waals surface area contributed by atoms with Crippen LogP contribution in [0.1, 0.15) is 49.5 Å². The van der Waals surface area contributed by atoms with E-state index in [9.17, 15) is 4.79 Å². The molecule has 6 heteroatoms. The lowest BCUT2D eigenvalue weighted by atomic mass is 10.0. The van der Waals surface area contributed by atoms with Gasteiger partial charge in [-0.25, -0.2) is 0 Å². The number of hydrogen-bond donors (Lipinski definition) is 1. The Morgan fingerprint density at radius 2 is 2.12 bits per heavy atom. The lowest BCUT2D eigenvalue weighted by molar-refractivity contribution is -0.116. The predicted octanol–water partition coefficient (Wildman–Crippen LogP) is 3.94. The van der Waals surface area contributed by atoms with Gasteiger partial charge in [0.15, 0.2) is 5.82 Å². The van der Waals surface area contributed by atoms with Crippen molar-refractivity contribution in [1.29, 1.82) is 0 Å². The Bertz CT molecular complexity index is 711. The van der Waals surface area contributed by atoms with E-state index in [-0.39, 0.29) is 5.91 Å². The van der Waals surface area contributed by atoms with E-state index in [4.69, 9.17) is 9.26 Å². The first-order valence-electron chi connectivity index (χ1n) is 9.27. The molecule has 1 aromatic carbocycles. The molecule has 1 fully saturated rings. The first-order valence-corrected chi connectivity index (χ1v) is 9.27. The molecule has 1 saturated heterocycles. The van der Waals surface area contributed by atoms with Crippen molar-refractivity contribution in [2.75, 3.05) is 25.5 Å². The Morgan fingerprint density at radius 3 is 2.81 bits per heavy atom. The Kier molecular flexibility index (Phi) is 6.28. The molecular formula is C20H27N3O3. The van der Waals surface area contributed by atoms with Gasteiger partial charge in [0, 0.05) is 25.1 Å². The fourth-order valence-electron chi connectivity index (χ4n) is 3.51. The Balaban J connectivity index is 1.61. The molecule has 140 valence electrons. The van der Waals surface area contributed by atoms with Crippen molar-refractivity contribution in [3.63, 3.8) is 0 Å². The quantitative estimate of drug-likeness (QED) is 0.848. The molecule has 1 aliphatic rings. The molecule has 26 heavy (non-hydrogen) atoms. The first kappa shape index (κ1) is 18.5. The third-order valence-electron chi connectivity index (χ3n) is 4.89. The molecule has 0 saturated carbocycles. The molecule has 1 aliphatic heterocycles. The van der Waals surface area contributed by atoms with E-state index in [1.807, 2.05) is 12.1 Å². The van der Waals surface area contributed by atoms with Gasteiger partial charge in [-0.05, 0) is 44.0 Å². The van der Waals surface area contributed by atoms with Crippen molar-refractivity contribution in [2.24, 2.45) is 0 Å². The van der Waals surface area contributed by atoms with Crippen molar-refractivity contribution in [2.45, 2.75) is 45.1 Å². The van der Waals surface area contributed by atoms with Crippen LogP contribution in [0.25, 0.3) is 0 Å². The minimum atomic E-state index is -0.0315. The number of aromatic nitrogens is 1. The predicted molar refractivity (Wildman–Crippen MR) is 100 cm³/mol. The van der Waals surface area contributed by atoms with Crippen molar-refractivity contribution < 1.29 is 14.1 Å². The molecule has 2 heterocycles. The van der Waals surface area contributed by atoms with Crippen molar-refractivity contribution in [1.82, 2.24) is 10.1 Å². The number of hydrogen-bond acceptors (Lipinski definition) is 5. The molecule has 1 N–H and O–H groups in total. The summed E-state index contributed by atoms with van der Waals surface area (Å²) in [6.45, 7) is 3.56. The molecule has 1 atom stereocenters. The normalized spacial score (nSPS) is 18.3. The fourth-order valence-corrected chi connectivity index (χ4v) is 3.51. The van der Waals surface area contributed by atoms with Gasteiger partial charge in [-0.2, -0.15) is 0 Å². The fraction of sp³-hybridized carbons (Fsp3) is 0.500. The summed E-state index contributed by atoms with van der Waals surface area (Å²) in [5, 5.41) is 6.61. The van der Waals surface area contributed by atoms with E-state index < -0.39 is 0 Å². The minimum Gasteiger partial charge on any atom is -0.497 e. The zero-order valence-corrected chi connectivity index (χ0v) is 15.5. The highest BCUT2D eigenvalue weighted by molar-refractivity contribution is 5.89. The number of ether oxygens (including phenoxy) is 1. The van der Waals surface area contributed by atoms with Crippen molar-refractivity contribution in [3.8, 4) is 5.75 Å². The highest BCUT2D eigenvalue weighted by Gasteiger charge is 2.23. The summed E-state index contributed by atoms with van der Waals surface area (Å²) < 4.78 is 10.2. The number of methoxy groups -OCH3 is 1. The van der Waals surface area contributed by atoms with Gasteiger partial charge in [-0.3, -0.25) is 9.69 Å². The van der Waals surface area contributed by atoms with Crippen LogP contribution in [-0.4, -0.2) is 36.2 Å². The average molecular weight is 357 g/mol. The second kappa shape index (κ2) is 8.85. The molecule has 0 aliphatic carbocycles. The number of nitrogens with zero attached hydrogens (tertiary/aromatic N) is 2. The third kappa shape index (κ3) is 4.85. The highest BCUT2D eigenvalue weighted by atomic mass is 16.5. The van der Waals surface area contributed by atoms with Gasteiger partial charge in [0.05, 0.1) is 7.11 Å². The van der Waals surface area contributed by atoms with Gasteiger partial charge < -0.3 is 14.6 Å². The lowest BCUT2D eigenvalue weighted by Gasteiger charge is -2.30. The highest BCUT2D eigenvalue weighted by Crippen LogP contribution is 2.31. The number of carbonyl (C=O) groups is 1. The van der Waals surface area contributed by atoms with Crippen LogP contribution in [0.5, 0.6) is 5.75 Å². The molecular weight excluding hydrogens is 330 g/mol. The van der Waals surface area contributed by atoms with Crippen LogP contribution in [0, 0.1) is 6.92 Å². The van der Waals surface area contributed by atoms with E-state index in [1.165, 1.54) is 24.8 Å². The zero-order valence-electron chi connectivity index (χ0n) is 15.5. The van der Waals surface area contributed by atoms with Crippen molar-refractivity contribution in [3.05, 3.63) is 41.7 Å². The number of anilines is 1. The maximum atomic E-state index is 12.2. The van der Waals surface area contributed by atoms with Gasteiger partial charge in [-0.15, -0.1) is 0 Å². The minimum absolute atomic E-state index is 0.0315.